The lowest BCUT2D eigenvalue weighted by atomic mass is 10.0. The Morgan fingerprint density at radius 3 is 2.67 bits per heavy atom. The third-order valence-corrected chi connectivity index (χ3v) is 2.96. The van der Waals surface area contributed by atoms with Gasteiger partial charge in [0.25, 0.3) is 0 Å². The van der Waals surface area contributed by atoms with E-state index < -0.39 is 0 Å². The number of unbranched alkanes of at least 4 members (excludes halogenated alkanes) is 1. The van der Waals surface area contributed by atoms with Gasteiger partial charge in [-0.05, 0) is 30.4 Å². The molecule has 0 aromatic carbocycles. The number of carbonyl (C=O) groups is 1. The van der Waals surface area contributed by atoms with E-state index >= 15 is 0 Å². The summed E-state index contributed by atoms with van der Waals surface area (Å²) in [7, 11) is 0. The highest BCUT2D eigenvalue weighted by atomic mass is 16.3. The van der Waals surface area contributed by atoms with Crippen LogP contribution in [0.5, 0.6) is 0 Å². The lowest BCUT2D eigenvalue weighted by Crippen LogP contribution is -2.10. The Morgan fingerprint density at radius 1 is 1.39 bits per heavy atom. The van der Waals surface area contributed by atoms with E-state index in [-0.39, 0.29) is 5.91 Å². The van der Waals surface area contributed by atoms with Crippen molar-refractivity contribution < 1.29 is 9.21 Å². The van der Waals surface area contributed by atoms with Gasteiger partial charge in [0.2, 0.25) is 5.91 Å². The molecule has 3 heteroatoms. The van der Waals surface area contributed by atoms with Crippen LogP contribution < -0.4 is 5.73 Å². The van der Waals surface area contributed by atoms with E-state index in [1.165, 1.54) is 18.4 Å². The van der Waals surface area contributed by atoms with Crippen molar-refractivity contribution in [1.29, 1.82) is 0 Å². The largest absolute Gasteiger partial charge is 0.466 e. The van der Waals surface area contributed by atoms with Gasteiger partial charge in [-0.25, -0.2) is 0 Å². The minimum Gasteiger partial charge on any atom is -0.466 e. The van der Waals surface area contributed by atoms with Gasteiger partial charge in [-0.1, -0.05) is 27.2 Å². The summed E-state index contributed by atoms with van der Waals surface area (Å²) < 4.78 is 5.87. The second-order valence-electron chi connectivity index (χ2n) is 5.33. The van der Waals surface area contributed by atoms with Crippen molar-refractivity contribution in [3.63, 3.8) is 0 Å². The van der Waals surface area contributed by atoms with Crippen molar-refractivity contribution in [3.8, 4) is 0 Å². The molecule has 0 atom stereocenters. The molecule has 0 fully saturated rings. The number of primary amides is 1. The molecule has 18 heavy (non-hydrogen) atoms. The fourth-order valence-corrected chi connectivity index (χ4v) is 2.02. The Hall–Kier alpha value is -1.25. The fraction of sp³-hybridized carbons (Fsp3) is 0.667. The quantitative estimate of drug-likeness (QED) is 0.771. The monoisotopic (exact) mass is 251 g/mol. The Bertz CT molecular complexity index is 380. The van der Waals surface area contributed by atoms with Gasteiger partial charge in [-0.3, -0.25) is 4.79 Å². The van der Waals surface area contributed by atoms with Gasteiger partial charge in [-0.2, -0.15) is 0 Å². The first-order valence-electron chi connectivity index (χ1n) is 6.91. The molecule has 0 unspecified atom stereocenters. The van der Waals surface area contributed by atoms with E-state index in [0.717, 1.165) is 24.4 Å². The molecule has 0 saturated heterocycles. The van der Waals surface area contributed by atoms with E-state index in [9.17, 15) is 4.79 Å². The van der Waals surface area contributed by atoms with Crippen LogP contribution >= 0.6 is 0 Å². The zero-order valence-electron chi connectivity index (χ0n) is 11.8. The molecule has 0 aliphatic heterocycles. The van der Waals surface area contributed by atoms with E-state index in [2.05, 4.69) is 26.8 Å². The van der Waals surface area contributed by atoms with Crippen molar-refractivity contribution in [2.24, 2.45) is 11.7 Å². The summed E-state index contributed by atoms with van der Waals surface area (Å²) in [5, 5.41) is 0. The van der Waals surface area contributed by atoms with Crippen LogP contribution in [0.4, 0.5) is 0 Å². The molecule has 0 bridgehead atoms. The molecule has 3 nitrogen and oxygen atoms in total. The van der Waals surface area contributed by atoms with Gasteiger partial charge in [0.1, 0.15) is 11.5 Å². The van der Waals surface area contributed by atoms with Crippen molar-refractivity contribution >= 4 is 5.91 Å². The standard InChI is InChI=1S/C15H25NO2/c1-4-5-6-12-10-13(7-8-15(16)17)18-14(12)9-11(2)3/h10-11H,4-9H2,1-3H3,(H2,16,17). The van der Waals surface area contributed by atoms with Crippen molar-refractivity contribution in [3.05, 3.63) is 23.2 Å². The van der Waals surface area contributed by atoms with Crippen molar-refractivity contribution in [1.82, 2.24) is 0 Å². The Labute approximate surface area is 110 Å². The van der Waals surface area contributed by atoms with Gasteiger partial charge >= 0.3 is 0 Å². The van der Waals surface area contributed by atoms with Gasteiger partial charge in [-0.15, -0.1) is 0 Å². The fourth-order valence-electron chi connectivity index (χ4n) is 2.02. The average Bonchev–Trinajstić information content (AvgIpc) is 2.65. The zero-order valence-corrected chi connectivity index (χ0v) is 11.8. The Kier molecular flexibility index (Phi) is 5.96. The maximum absolute atomic E-state index is 10.8. The number of furan rings is 1. The normalized spacial score (nSPS) is 11.1. The summed E-state index contributed by atoms with van der Waals surface area (Å²) in [6.07, 6.45) is 5.38. The highest BCUT2D eigenvalue weighted by molar-refractivity contribution is 5.73. The maximum Gasteiger partial charge on any atom is 0.217 e. The first-order valence-corrected chi connectivity index (χ1v) is 6.91. The van der Waals surface area contributed by atoms with Gasteiger partial charge in [0.05, 0.1) is 0 Å². The molecular weight excluding hydrogens is 226 g/mol. The van der Waals surface area contributed by atoms with E-state index in [1.54, 1.807) is 0 Å². The SMILES string of the molecule is CCCCc1cc(CCC(N)=O)oc1CC(C)C. The Morgan fingerprint density at radius 2 is 2.11 bits per heavy atom. The molecule has 0 aliphatic rings. The van der Waals surface area contributed by atoms with Crippen LogP contribution in [0.2, 0.25) is 0 Å². The predicted octanol–water partition coefficient (Wildman–Crippen LogP) is 3.24. The van der Waals surface area contributed by atoms with Crippen LogP contribution in [0.25, 0.3) is 0 Å². The molecule has 1 heterocycles. The summed E-state index contributed by atoms with van der Waals surface area (Å²) in [6.45, 7) is 6.57. The predicted molar refractivity (Wildman–Crippen MR) is 73.4 cm³/mol. The molecular formula is C15H25NO2. The smallest absolute Gasteiger partial charge is 0.217 e. The molecule has 2 N–H and O–H groups in total. The van der Waals surface area contributed by atoms with Gasteiger partial charge in [0.15, 0.2) is 0 Å². The number of amides is 1. The molecule has 0 saturated carbocycles. The molecule has 1 aromatic heterocycles. The van der Waals surface area contributed by atoms with E-state index in [1.807, 2.05) is 0 Å². The van der Waals surface area contributed by atoms with Crippen molar-refractivity contribution in [2.45, 2.75) is 59.3 Å². The highest BCUT2D eigenvalue weighted by Crippen LogP contribution is 2.22. The number of hydrogen-bond donors (Lipinski definition) is 1. The van der Waals surface area contributed by atoms with E-state index in [0.29, 0.717) is 18.8 Å². The van der Waals surface area contributed by atoms with Crippen molar-refractivity contribution in [2.75, 3.05) is 0 Å². The first-order chi connectivity index (χ1) is 8.52. The number of rotatable bonds is 8. The summed E-state index contributed by atoms with van der Waals surface area (Å²) >= 11 is 0. The molecule has 102 valence electrons. The molecule has 0 radical (unpaired) electrons. The molecule has 1 rings (SSSR count). The van der Waals surface area contributed by atoms with E-state index in [4.69, 9.17) is 10.2 Å². The third kappa shape index (κ3) is 4.94. The van der Waals surface area contributed by atoms with Crippen LogP contribution in [0, 0.1) is 5.92 Å². The van der Waals surface area contributed by atoms with Crippen LogP contribution in [0.15, 0.2) is 10.5 Å². The second-order valence-corrected chi connectivity index (χ2v) is 5.33. The lowest BCUT2D eigenvalue weighted by Gasteiger charge is -2.04. The topological polar surface area (TPSA) is 56.2 Å². The highest BCUT2D eigenvalue weighted by Gasteiger charge is 2.12. The maximum atomic E-state index is 10.8. The summed E-state index contributed by atoms with van der Waals surface area (Å²) in [6, 6.07) is 2.11. The average molecular weight is 251 g/mol. The molecule has 0 aliphatic carbocycles. The molecule has 1 amide bonds. The minimum absolute atomic E-state index is 0.271. The molecule has 0 spiro atoms. The summed E-state index contributed by atoms with van der Waals surface area (Å²) in [4.78, 5) is 10.8. The van der Waals surface area contributed by atoms with Gasteiger partial charge in [0, 0.05) is 19.3 Å². The Balaban J connectivity index is 2.74. The van der Waals surface area contributed by atoms with Gasteiger partial charge < -0.3 is 10.2 Å². The van der Waals surface area contributed by atoms with Crippen LogP contribution in [0.1, 0.15) is 57.1 Å². The number of hydrogen-bond acceptors (Lipinski definition) is 2. The minimum atomic E-state index is -0.271. The van der Waals surface area contributed by atoms with Crippen LogP contribution in [-0.2, 0) is 24.1 Å². The number of carbonyl (C=O) groups excluding carboxylic acids is 1. The van der Waals surface area contributed by atoms with Crippen LogP contribution in [-0.4, -0.2) is 5.91 Å². The zero-order chi connectivity index (χ0) is 13.5. The second kappa shape index (κ2) is 7.24. The number of aryl methyl sites for hydroxylation is 2. The lowest BCUT2D eigenvalue weighted by molar-refractivity contribution is -0.118. The third-order valence-electron chi connectivity index (χ3n) is 2.96. The summed E-state index contributed by atoms with van der Waals surface area (Å²) in [5.41, 5.74) is 6.48. The first kappa shape index (κ1) is 14.8. The van der Waals surface area contributed by atoms with Crippen LogP contribution in [0.3, 0.4) is 0 Å². The summed E-state index contributed by atoms with van der Waals surface area (Å²) in [5.74, 6) is 2.31. The molecule has 1 aromatic rings. The number of nitrogens with two attached hydrogens (primary N) is 1.